The monoisotopic (exact) mass is 650 g/mol. The van der Waals surface area contributed by atoms with Gasteiger partial charge in [0.15, 0.2) is 5.69 Å². The van der Waals surface area contributed by atoms with Crippen molar-refractivity contribution in [1.82, 2.24) is 19.7 Å². The average molecular weight is 651 g/mol. The van der Waals surface area contributed by atoms with Gasteiger partial charge in [0.1, 0.15) is 28.9 Å². The van der Waals surface area contributed by atoms with Crippen LogP contribution in [0.3, 0.4) is 0 Å². The Bertz CT molecular complexity index is 1570. The van der Waals surface area contributed by atoms with Crippen molar-refractivity contribution in [3.8, 4) is 11.5 Å². The van der Waals surface area contributed by atoms with Gasteiger partial charge in [0.2, 0.25) is 12.2 Å². The van der Waals surface area contributed by atoms with E-state index in [0.717, 1.165) is 15.9 Å². The van der Waals surface area contributed by atoms with E-state index in [0.29, 0.717) is 54.6 Å². The van der Waals surface area contributed by atoms with Crippen molar-refractivity contribution in [2.75, 3.05) is 26.5 Å². The third kappa shape index (κ3) is 6.83. The number of hydrogen-bond acceptors (Lipinski definition) is 10. The maximum absolute atomic E-state index is 12.9. The van der Waals surface area contributed by atoms with E-state index >= 15 is 0 Å². The minimum atomic E-state index is -4.65. The number of rotatable bonds is 7. The van der Waals surface area contributed by atoms with Crippen LogP contribution in [0, 0.1) is 0 Å². The van der Waals surface area contributed by atoms with E-state index in [9.17, 15) is 26.4 Å². The summed E-state index contributed by atoms with van der Waals surface area (Å²) < 4.78 is 85.5. The molecule has 17 heteroatoms. The Morgan fingerprint density at radius 3 is 2.40 bits per heavy atom. The second-order valence-corrected chi connectivity index (χ2v) is 12.6. The van der Waals surface area contributed by atoms with E-state index in [1.165, 1.54) is 24.5 Å². The maximum atomic E-state index is 12.9. The third-order valence-electron chi connectivity index (χ3n) is 6.85. The molecule has 1 atom stereocenters. The molecule has 1 amide bonds. The number of likely N-dealkylation sites (tertiary alicyclic amines) is 1. The van der Waals surface area contributed by atoms with Crippen molar-refractivity contribution < 1.29 is 44.8 Å². The van der Waals surface area contributed by atoms with Crippen LogP contribution in [-0.4, -0.2) is 60.4 Å². The van der Waals surface area contributed by atoms with Crippen LogP contribution in [0.2, 0.25) is 5.15 Å². The van der Waals surface area contributed by atoms with E-state index < -0.39 is 28.3 Å². The fourth-order valence-corrected chi connectivity index (χ4v) is 6.45. The molecule has 0 N–H and O–H groups in total. The summed E-state index contributed by atoms with van der Waals surface area (Å²) in [5.41, 5.74) is 0.519. The highest BCUT2D eigenvalue weighted by atomic mass is 35.5. The molecule has 1 aromatic carbocycles. The molecule has 1 unspecified atom stereocenters. The molecule has 42 heavy (non-hydrogen) atoms. The maximum Gasteiger partial charge on any atom is 0.435 e. The fourth-order valence-electron chi connectivity index (χ4n) is 4.78. The topological polar surface area (TPSA) is 122 Å². The quantitative estimate of drug-likeness (QED) is 0.340. The molecule has 2 aromatic heterocycles. The van der Waals surface area contributed by atoms with Gasteiger partial charge in [-0.25, -0.2) is 9.67 Å². The minimum absolute atomic E-state index is 0.000145. The number of benzene rings is 1. The summed E-state index contributed by atoms with van der Waals surface area (Å²) in [5, 5.41) is 5.83. The van der Waals surface area contributed by atoms with E-state index in [1.54, 1.807) is 11.0 Å². The molecular weight excluding hydrogens is 625 g/mol. The summed E-state index contributed by atoms with van der Waals surface area (Å²) >= 11 is 7.29. The Morgan fingerprint density at radius 2 is 1.81 bits per heavy atom. The zero-order valence-corrected chi connectivity index (χ0v) is 24.8. The number of ether oxygens (including phenoxy) is 3. The number of piperidine rings is 1. The van der Waals surface area contributed by atoms with E-state index in [1.807, 2.05) is 5.38 Å². The van der Waals surface area contributed by atoms with Crippen molar-refractivity contribution in [3.63, 3.8) is 0 Å². The number of carbonyl (C=O) groups is 1. The first kappa shape index (κ1) is 30.5. The van der Waals surface area contributed by atoms with Crippen LogP contribution in [0.5, 0.6) is 11.5 Å². The summed E-state index contributed by atoms with van der Waals surface area (Å²) in [5.74, 6) is 0.330. The van der Waals surface area contributed by atoms with Gasteiger partial charge in [-0.05, 0) is 25.0 Å². The molecule has 0 bridgehead atoms. The van der Waals surface area contributed by atoms with E-state index in [2.05, 4.69) is 5.10 Å². The highest BCUT2D eigenvalue weighted by molar-refractivity contribution is 7.86. The van der Waals surface area contributed by atoms with Crippen molar-refractivity contribution in [3.05, 3.63) is 56.3 Å². The molecule has 2 aliphatic heterocycles. The average Bonchev–Trinajstić information content (AvgIpc) is 3.49. The first-order chi connectivity index (χ1) is 19.8. The molecule has 5 rings (SSSR count). The van der Waals surface area contributed by atoms with Crippen LogP contribution in [0.1, 0.15) is 52.6 Å². The predicted octanol–water partition coefficient (Wildman–Crippen LogP) is 4.51. The van der Waals surface area contributed by atoms with Crippen LogP contribution < -0.4 is 8.92 Å². The number of aromatic nitrogens is 3. The summed E-state index contributed by atoms with van der Waals surface area (Å²) in [6, 6.07) is 3.80. The van der Waals surface area contributed by atoms with E-state index in [4.69, 9.17) is 35.0 Å². The molecule has 1 fully saturated rings. The molecule has 0 spiro atoms. The number of thiazole rings is 1. The summed E-state index contributed by atoms with van der Waals surface area (Å²) in [6.45, 7) is 0.486. The van der Waals surface area contributed by atoms with Gasteiger partial charge in [-0.1, -0.05) is 11.6 Å². The van der Waals surface area contributed by atoms with Crippen LogP contribution in [0.25, 0.3) is 0 Å². The Kier molecular flexibility index (Phi) is 8.72. The minimum Gasteiger partial charge on any atom is -0.496 e. The SMILES string of the molecule is COc1ccc(OS(C)(=O)=O)c2c1COC(c1csc(C3CCN(C(=O)Cn4nc(C(F)(F)F)cc4Cl)CC3)n1)OC2. The van der Waals surface area contributed by atoms with Crippen LogP contribution >= 0.6 is 22.9 Å². The lowest BCUT2D eigenvalue weighted by Gasteiger charge is -2.31. The lowest BCUT2D eigenvalue weighted by atomic mass is 9.97. The number of hydrogen-bond donors (Lipinski definition) is 0. The van der Waals surface area contributed by atoms with Crippen LogP contribution in [0.15, 0.2) is 23.6 Å². The van der Waals surface area contributed by atoms with Gasteiger partial charge in [-0.3, -0.25) is 4.79 Å². The van der Waals surface area contributed by atoms with Gasteiger partial charge in [-0.15, -0.1) is 11.3 Å². The zero-order chi connectivity index (χ0) is 30.2. The molecule has 11 nitrogen and oxygen atoms in total. The number of carbonyl (C=O) groups excluding carboxylic acids is 1. The smallest absolute Gasteiger partial charge is 0.435 e. The molecule has 3 aromatic rings. The Hall–Kier alpha value is -2.92. The number of alkyl halides is 3. The molecule has 0 radical (unpaired) electrons. The molecule has 0 saturated carbocycles. The Balaban J connectivity index is 1.20. The highest BCUT2D eigenvalue weighted by Crippen LogP contribution is 2.39. The predicted molar refractivity (Wildman–Crippen MR) is 144 cm³/mol. The van der Waals surface area contributed by atoms with E-state index in [-0.39, 0.29) is 42.5 Å². The zero-order valence-electron chi connectivity index (χ0n) is 22.4. The van der Waals surface area contributed by atoms with Crippen molar-refractivity contribution in [2.24, 2.45) is 0 Å². The largest absolute Gasteiger partial charge is 0.496 e. The first-order valence-corrected chi connectivity index (χ1v) is 15.7. The Labute approximate surface area is 248 Å². The summed E-state index contributed by atoms with van der Waals surface area (Å²) in [7, 11) is -2.27. The fraction of sp³-hybridized carbons (Fsp3) is 0.480. The van der Waals surface area contributed by atoms with Gasteiger partial charge in [-0.2, -0.15) is 26.7 Å². The molecular formula is C25H26ClF3N4O7S2. The van der Waals surface area contributed by atoms with Gasteiger partial charge in [0.25, 0.3) is 0 Å². The van der Waals surface area contributed by atoms with Gasteiger partial charge >= 0.3 is 16.3 Å². The van der Waals surface area contributed by atoms with Gasteiger partial charge < -0.3 is 23.3 Å². The highest BCUT2D eigenvalue weighted by Gasteiger charge is 2.35. The summed E-state index contributed by atoms with van der Waals surface area (Å²) in [6.07, 6.45) is -3.29. The lowest BCUT2D eigenvalue weighted by molar-refractivity contribution is -0.155. The molecule has 0 aliphatic carbocycles. The molecule has 228 valence electrons. The second kappa shape index (κ2) is 12.0. The number of methoxy groups -OCH3 is 1. The number of amides is 1. The normalized spacial score (nSPS) is 18.4. The third-order valence-corrected chi connectivity index (χ3v) is 8.66. The summed E-state index contributed by atoms with van der Waals surface area (Å²) in [4.78, 5) is 19.0. The number of fused-ring (bicyclic) bond motifs is 1. The van der Waals surface area contributed by atoms with Gasteiger partial charge in [0, 0.05) is 41.6 Å². The van der Waals surface area contributed by atoms with Crippen LogP contribution in [-0.2, 0) is 50.3 Å². The lowest BCUT2D eigenvalue weighted by Crippen LogP contribution is -2.40. The first-order valence-electron chi connectivity index (χ1n) is 12.7. The molecule has 1 saturated heterocycles. The van der Waals surface area contributed by atoms with Crippen molar-refractivity contribution in [2.45, 2.75) is 51.0 Å². The Morgan fingerprint density at radius 1 is 1.17 bits per heavy atom. The van der Waals surface area contributed by atoms with Gasteiger partial charge in [0.05, 0.1) is 31.6 Å². The number of halogens is 4. The second-order valence-electron chi connectivity index (χ2n) is 9.74. The number of nitrogens with zero attached hydrogens (tertiary/aromatic N) is 4. The van der Waals surface area contributed by atoms with Crippen molar-refractivity contribution in [1.29, 1.82) is 0 Å². The molecule has 4 heterocycles. The van der Waals surface area contributed by atoms with Crippen molar-refractivity contribution >= 4 is 39.0 Å². The molecule has 2 aliphatic rings. The standard InChI is InChI=1S/C25H26ClF3N4O7S2/c1-37-18-3-4-19(40-42(2,35)36)16-12-39-24(38-11-15(16)18)17-13-41-23(30-17)14-5-7-32(8-6-14)22(34)10-33-21(26)9-20(31-33)25(27,28)29/h3-4,9,13-14,24H,5-8,10-12H2,1-2H3. The van der Waals surface area contributed by atoms with Crippen LogP contribution in [0.4, 0.5) is 13.2 Å².